The van der Waals surface area contributed by atoms with Gasteiger partial charge in [0.25, 0.3) is 0 Å². The van der Waals surface area contributed by atoms with E-state index in [9.17, 15) is 4.79 Å². The minimum atomic E-state index is -0.497. The van der Waals surface area contributed by atoms with Crippen molar-refractivity contribution in [2.75, 3.05) is 11.4 Å². The van der Waals surface area contributed by atoms with Crippen LogP contribution in [0.3, 0.4) is 0 Å². The van der Waals surface area contributed by atoms with E-state index in [-0.39, 0.29) is 5.78 Å². The third-order valence-electron chi connectivity index (χ3n) is 6.82. The summed E-state index contributed by atoms with van der Waals surface area (Å²) in [6, 6.07) is 13.1. The van der Waals surface area contributed by atoms with Gasteiger partial charge in [-0.2, -0.15) is 0 Å². The number of Topliss-reactive ketones (excluding diaryl/α,β-unsaturated/α-hetero) is 1. The number of para-hydroxylation sites is 2. The Balaban J connectivity index is 2.79. The molecule has 0 aromatic heterocycles. The molecule has 0 heterocycles. The van der Waals surface area contributed by atoms with Gasteiger partial charge in [-0.25, -0.2) is 4.99 Å². The van der Waals surface area contributed by atoms with Crippen molar-refractivity contribution in [3.8, 4) is 0 Å². The van der Waals surface area contributed by atoms with E-state index >= 15 is 0 Å². The van der Waals surface area contributed by atoms with Crippen LogP contribution in [0.25, 0.3) is 0 Å². The highest BCUT2D eigenvalue weighted by atomic mass is 16.1. The molecule has 2 aromatic rings. The number of hydrogen-bond donors (Lipinski definition) is 0. The van der Waals surface area contributed by atoms with Crippen LogP contribution in [-0.2, 0) is 4.79 Å². The van der Waals surface area contributed by atoms with Crippen molar-refractivity contribution in [3.05, 3.63) is 58.7 Å². The number of hydrogen-bond acceptors (Lipinski definition) is 2. The van der Waals surface area contributed by atoms with Crippen molar-refractivity contribution in [1.82, 2.24) is 0 Å². The zero-order chi connectivity index (χ0) is 25.8. The minimum absolute atomic E-state index is 0.185. The molecule has 0 fully saturated rings. The summed E-state index contributed by atoms with van der Waals surface area (Å²) in [5, 5.41) is 0. The largest absolute Gasteiger partial charge is 0.331 e. The fraction of sp³-hybridized carbons (Fsp3) is 0.548. The number of anilines is 1. The van der Waals surface area contributed by atoms with E-state index in [2.05, 4.69) is 96.7 Å². The predicted octanol–water partition coefficient (Wildman–Crippen LogP) is 8.96. The lowest BCUT2D eigenvalue weighted by atomic mass is 9.86. The second-order valence-electron chi connectivity index (χ2n) is 11.5. The van der Waals surface area contributed by atoms with Crippen LogP contribution in [0.15, 0.2) is 41.4 Å². The van der Waals surface area contributed by atoms with E-state index in [1.54, 1.807) is 6.92 Å². The summed E-state index contributed by atoms with van der Waals surface area (Å²) in [4.78, 5) is 20.0. The minimum Gasteiger partial charge on any atom is -0.331 e. The molecule has 186 valence electrons. The third-order valence-corrected chi connectivity index (χ3v) is 6.82. The molecule has 0 atom stereocenters. The molecular weight excluding hydrogens is 416 g/mol. The Bertz CT molecular complexity index is 960. The molecule has 0 saturated heterocycles. The first kappa shape index (κ1) is 27.8. The molecule has 0 unspecified atom stereocenters. The summed E-state index contributed by atoms with van der Waals surface area (Å²) < 4.78 is 0. The Morgan fingerprint density at radius 2 is 1.18 bits per heavy atom. The molecule has 0 spiro atoms. The maximum absolute atomic E-state index is 12.6. The molecule has 0 bridgehead atoms. The number of carbonyl (C=O) groups excluding carboxylic acids is 1. The van der Waals surface area contributed by atoms with Crippen LogP contribution in [0.1, 0.15) is 122 Å². The SMILES string of the molecule is CC(=O)C(C)(C)CN(C=Nc1c(C(C)C)cccc1C(C)C)c1c(C(C)C)cccc1C(C)C. The highest BCUT2D eigenvalue weighted by Gasteiger charge is 2.29. The maximum atomic E-state index is 12.6. The van der Waals surface area contributed by atoms with Gasteiger partial charge < -0.3 is 4.90 Å². The Morgan fingerprint density at radius 1 is 0.794 bits per heavy atom. The number of aliphatic imine (C=N–C) groups is 1. The molecule has 2 aromatic carbocycles. The first-order valence-electron chi connectivity index (χ1n) is 12.8. The summed E-state index contributed by atoms with van der Waals surface area (Å²) in [5.41, 5.74) is 6.85. The van der Waals surface area contributed by atoms with Crippen molar-refractivity contribution in [1.29, 1.82) is 0 Å². The third kappa shape index (κ3) is 6.37. The Kier molecular flexibility index (Phi) is 9.28. The summed E-state index contributed by atoms with van der Waals surface area (Å²) in [7, 11) is 0. The number of rotatable bonds is 10. The lowest BCUT2D eigenvalue weighted by Crippen LogP contribution is -2.38. The van der Waals surface area contributed by atoms with Gasteiger partial charge in [-0.3, -0.25) is 4.79 Å². The first-order chi connectivity index (χ1) is 15.8. The van der Waals surface area contributed by atoms with E-state index < -0.39 is 5.41 Å². The Morgan fingerprint density at radius 3 is 1.53 bits per heavy atom. The van der Waals surface area contributed by atoms with Gasteiger partial charge >= 0.3 is 0 Å². The average molecular weight is 463 g/mol. The van der Waals surface area contributed by atoms with Gasteiger partial charge in [0.15, 0.2) is 0 Å². The average Bonchev–Trinajstić information content (AvgIpc) is 2.75. The number of benzene rings is 2. The highest BCUT2D eigenvalue weighted by molar-refractivity contribution is 5.88. The van der Waals surface area contributed by atoms with Gasteiger partial charge in [-0.1, -0.05) is 106 Å². The van der Waals surface area contributed by atoms with Crippen LogP contribution in [0.4, 0.5) is 11.4 Å². The molecule has 0 aliphatic carbocycles. The van der Waals surface area contributed by atoms with Gasteiger partial charge in [-0.15, -0.1) is 0 Å². The molecule has 3 heteroatoms. The van der Waals surface area contributed by atoms with Crippen LogP contribution in [0.2, 0.25) is 0 Å². The molecule has 0 saturated carbocycles. The van der Waals surface area contributed by atoms with E-state index in [1.165, 1.54) is 27.9 Å². The number of nitrogens with zero attached hydrogens (tertiary/aromatic N) is 2. The molecular formula is C31H46N2O. The molecule has 0 aliphatic rings. The fourth-order valence-corrected chi connectivity index (χ4v) is 4.35. The van der Waals surface area contributed by atoms with E-state index in [4.69, 9.17) is 4.99 Å². The quantitative estimate of drug-likeness (QED) is 0.261. The molecule has 3 nitrogen and oxygen atoms in total. The van der Waals surface area contributed by atoms with Gasteiger partial charge in [-0.05, 0) is 52.8 Å². The molecule has 2 rings (SSSR count). The lowest BCUT2D eigenvalue weighted by Gasteiger charge is -2.34. The predicted molar refractivity (Wildman–Crippen MR) is 149 cm³/mol. The van der Waals surface area contributed by atoms with Gasteiger partial charge in [0, 0.05) is 17.6 Å². The monoisotopic (exact) mass is 462 g/mol. The van der Waals surface area contributed by atoms with Gasteiger partial charge in [0.05, 0.1) is 12.0 Å². The summed E-state index contributed by atoms with van der Waals surface area (Å²) >= 11 is 0. The first-order valence-corrected chi connectivity index (χ1v) is 12.8. The van der Waals surface area contributed by atoms with Crippen molar-refractivity contribution >= 4 is 23.5 Å². The maximum Gasteiger partial charge on any atom is 0.137 e. The molecule has 0 radical (unpaired) electrons. The second kappa shape index (κ2) is 11.3. The van der Waals surface area contributed by atoms with Crippen molar-refractivity contribution in [3.63, 3.8) is 0 Å². The summed E-state index contributed by atoms with van der Waals surface area (Å²) in [6.45, 7) is 24.2. The van der Waals surface area contributed by atoms with Crippen molar-refractivity contribution in [2.45, 2.75) is 99.8 Å². The second-order valence-corrected chi connectivity index (χ2v) is 11.5. The van der Waals surface area contributed by atoms with Gasteiger partial charge in [0.1, 0.15) is 5.78 Å². The van der Waals surface area contributed by atoms with Crippen LogP contribution < -0.4 is 4.90 Å². The lowest BCUT2D eigenvalue weighted by molar-refractivity contribution is -0.124. The fourth-order valence-electron chi connectivity index (χ4n) is 4.35. The van der Waals surface area contributed by atoms with E-state index in [0.29, 0.717) is 30.2 Å². The normalized spacial score (nSPS) is 12.6. The van der Waals surface area contributed by atoms with Crippen molar-refractivity contribution < 1.29 is 4.79 Å². The number of carbonyl (C=O) groups is 1. The van der Waals surface area contributed by atoms with Gasteiger partial charge in [0.2, 0.25) is 0 Å². The topological polar surface area (TPSA) is 32.7 Å². The zero-order valence-corrected chi connectivity index (χ0v) is 23.4. The van der Waals surface area contributed by atoms with Crippen LogP contribution >= 0.6 is 0 Å². The van der Waals surface area contributed by atoms with Crippen LogP contribution in [0, 0.1) is 5.41 Å². The summed E-state index contributed by atoms with van der Waals surface area (Å²) in [6.07, 6.45) is 1.99. The van der Waals surface area contributed by atoms with Crippen LogP contribution in [-0.4, -0.2) is 18.7 Å². The van der Waals surface area contributed by atoms with E-state index in [1.807, 2.05) is 20.2 Å². The van der Waals surface area contributed by atoms with Crippen LogP contribution in [0.5, 0.6) is 0 Å². The standard InChI is InChI=1S/C31H46N2O/c1-20(2)25-14-12-15-26(21(3)4)29(25)32-19-33(18-31(10,11)24(9)34)30-27(22(5)6)16-13-17-28(30)23(7)8/h12-17,19-23H,18H2,1-11H3. The van der Waals surface area contributed by atoms with E-state index in [0.717, 1.165) is 5.69 Å². The zero-order valence-electron chi connectivity index (χ0n) is 23.4. The Labute approximate surface area is 208 Å². The molecule has 0 amide bonds. The highest BCUT2D eigenvalue weighted by Crippen LogP contribution is 2.38. The molecule has 34 heavy (non-hydrogen) atoms. The molecule has 0 aliphatic heterocycles. The smallest absolute Gasteiger partial charge is 0.137 e. The number of ketones is 1. The summed E-state index contributed by atoms with van der Waals surface area (Å²) in [5.74, 6) is 1.66. The molecule has 0 N–H and O–H groups in total. The van der Waals surface area contributed by atoms with Crippen molar-refractivity contribution in [2.24, 2.45) is 10.4 Å². The Hall–Kier alpha value is -2.42.